The van der Waals surface area contributed by atoms with Crippen LogP contribution in [0.1, 0.15) is 24.9 Å². The summed E-state index contributed by atoms with van der Waals surface area (Å²) in [5, 5.41) is 12.4. The second-order valence-electron chi connectivity index (χ2n) is 4.03. The van der Waals surface area contributed by atoms with Crippen molar-refractivity contribution in [3.8, 4) is 11.5 Å². The fourth-order valence-electron chi connectivity index (χ4n) is 2.04. The van der Waals surface area contributed by atoms with Crippen molar-refractivity contribution in [1.82, 2.24) is 5.32 Å². The number of benzene rings is 1. The van der Waals surface area contributed by atoms with Crippen LogP contribution >= 0.6 is 0 Å². The number of nitrogens with one attached hydrogen (secondary N) is 1. The maximum atomic E-state index is 9.07. The van der Waals surface area contributed by atoms with Gasteiger partial charge in [-0.05, 0) is 30.7 Å². The van der Waals surface area contributed by atoms with E-state index in [1.165, 1.54) is 0 Å². The molecule has 0 bridgehead atoms. The number of hydrogen-bond donors (Lipinski definition) is 2. The fourth-order valence-corrected chi connectivity index (χ4v) is 2.04. The van der Waals surface area contributed by atoms with E-state index in [1.807, 2.05) is 18.2 Å². The lowest BCUT2D eigenvalue weighted by Crippen LogP contribution is -2.22. The molecule has 1 aromatic rings. The van der Waals surface area contributed by atoms with E-state index in [-0.39, 0.29) is 12.6 Å². The Bertz CT molecular complexity index is 362. The van der Waals surface area contributed by atoms with Gasteiger partial charge in [0.05, 0.1) is 0 Å². The molecule has 0 saturated heterocycles. The molecule has 17 heavy (non-hydrogen) atoms. The van der Waals surface area contributed by atoms with Crippen LogP contribution in [-0.4, -0.2) is 31.5 Å². The number of hydrogen-bond acceptors (Lipinski definition) is 4. The summed E-state index contributed by atoms with van der Waals surface area (Å²) in [4.78, 5) is 0. The van der Waals surface area contributed by atoms with E-state index in [2.05, 4.69) is 12.2 Å². The molecule has 4 nitrogen and oxygen atoms in total. The summed E-state index contributed by atoms with van der Waals surface area (Å²) in [5.41, 5.74) is 1.13. The first-order valence-electron chi connectivity index (χ1n) is 6.09. The molecule has 1 aliphatic rings. The average Bonchev–Trinajstić information content (AvgIpc) is 2.38. The third-order valence-corrected chi connectivity index (χ3v) is 2.84. The number of aliphatic hydroxyl groups excluding tert-OH is 1. The summed E-state index contributed by atoms with van der Waals surface area (Å²) in [6.45, 7) is 4.32. The van der Waals surface area contributed by atoms with Gasteiger partial charge in [-0.15, -0.1) is 0 Å². The Balaban J connectivity index is 2.18. The second-order valence-corrected chi connectivity index (χ2v) is 4.03. The molecular weight excluding hydrogens is 218 g/mol. The van der Waals surface area contributed by atoms with Gasteiger partial charge in [-0.1, -0.05) is 13.0 Å². The molecule has 0 saturated carbocycles. The lowest BCUT2D eigenvalue weighted by molar-refractivity contribution is 0.171. The summed E-state index contributed by atoms with van der Waals surface area (Å²) in [6, 6.07) is 6.13. The first kappa shape index (κ1) is 12.2. The predicted molar refractivity (Wildman–Crippen MR) is 65.6 cm³/mol. The van der Waals surface area contributed by atoms with E-state index >= 15 is 0 Å². The lowest BCUT2D eigenvalue weighted by Gasteiger charge is -2.22. The van der Waals surface area contributed by atoms with Gasteiger partial charge in [0.25, 0.3) is 0 Å². The fraction of sp³-hybridized carbons (Fsp3) is 0.538. The zero-order valence-electron chi connectivity index (χ0n) is 10.1. The van der Waals surface area contributed by atoms with Gasteiger partial charge < -0.3 is 19.9 Å². The first-order valence-corrected chi connectivity index (χ1v) is 6.09. The van der Waals surface area contributed by atoms with Crippen LogP contribution < -0.4 is 14.8 Å². The predicted octanol–water partition coefficient (Wildman–Crippen LogP) is 1.49. The third-order valence-electron chi connectivity index (χ3n) is 2.84. The van der Waals surface area contributed by atoms with Crippen LogP contribution in [0.15, 0.2) is 18.2 Å². The van der Waals surface area contributed by atoms with E-state index < -0.39 is 0 Å². The van der Waals surface area contributed by atoms with E-state index in [0.717, 1.165) is 23.6 Å². The molecular formula is C13H19NO3. The Morgan fingerprint density at radius 2 is 2.06 bits per heavy atom. The summed E-state index contributed by atoms with van der Waals surface area (Å²) in [5.74, 6) is 1.61. The van der Waals surface area contributed by atoms with E-state index in [9.17, 15) is 0 Å². The highest BCUT2D eigenvalue weighted by Crippen LogP contribution is 2.33. The van der Waals surface area contributed by atoms with Crippen molar-refractivity contribution < 1.29 is 14.6 Å². The molecule has 1 heterocycles. The summed E-state index contributed by atoms with van der Waals surface area (Å²) < 4.78 is 11.0. The first-order chi connectivity index (χ1) is 8.35. The normalized spacial score (nSPS) is 15.6. The highest BCUT2D eigenvalue weighted by molar-refractivity contribution is 5.44. The molecule has 1 atom stereocenters. The Hall–Kier alpha value is -1.26. The zero-order chi connectivity index (χ0) is 12.1. The lowest BCUT2D eigenvalue weighted by atomic mass is 10.0. The van der Waals surface area contributed by atoms with Gasteiger partial charge >= 0.3 is 0 Å². The Morgan fingerprint density at radius 3 is 2.76 bits per heavy atom. The molecule has 1 aliphatic heterocycles. The van der Waals surface area contributed by atoms with Crippen molar-refractivity contribution in [2.24, 2.45) is 0 Å². The zero-order valence-corrected chi connectivity index (χ0v) is 10.1. The number of ether oxygens (including phenoxy) is 2. The van der Waals surface area contributed by atoms with Gasteiger partial charge in [-0.2, -0.15) is 0 Å². The van der Waals surface area contributed by atoms with Crippen molar-refractivity contribution in [2.75, 3.05) is 26.4 Å². The minimum absolute atomic E-state index is 0.167. The summed E-state index contributed by atoms with van der Waals surface area (Å²) in [6.07, 6.45) is 0.702. The van der Waals surface area contributed by atoms with E-state index in [0.29, 0.717) is 19.6 Å². The van der Waals surface area contributed by atoms with Gasteiger partial charge in [0.1, 0.15) is 13.2 Å². The summed E-state index contributed by atoms with van der Waals surface area (Å²) in [7, 11) is 0. The van der Waals surface area contributed by atoms with Crippen LogP contribution in [-0.2, 0) is 0 Å². The largest absolute Gasteiger partial charge is 0.486 e. The van der Waals surface area contributed by atoms with E-state index in [4.69, 9.17) is 14.6 Å². The standard InChI is InChI=1S/C13H19NO3/c1-2-14-11(5-6-15)10-3-4-12-13(9-10)17-8-7-16-12/h3-4,9,11,14-15H,2,5-8H2,1H3. The molecule has 94 valence electrons. The number of aliphatic hydroxyl groups is 1. The van der Waals surface area contributed by atoms with Crippen molar-refractivity contribution in [1.29, 1.82) is 0 Å². The Kier molecular flexibility index (Phi) is 4.23. The minimum atomic E-state index is 0.167. The molecule has 0 spiro atoms. The highest BCUT2D eigenvalue weighted by atomic mass is 16.6. The van der Waals surface area contributed by atoms with Crippen LogP contribution in [0.4, 0.5) is 0 Å². The van der Waals surface area contributed by atoms with Crippen molar-refractivity contribution >= 4 is 0 Å². The van der Waals surface area contributed by atoms with Gasteiger partial charge in [-0.3, -0.25) is 0 Å². The molecule has 1 aromatic carbocycles. The molecule has 0 aromatic heterocycles. The third kappa shape index (κ3) is 2.90. The van der Waals surface area contributed by atoms with Crippen LogP contribution in [0.2, 0.25) is 0 Å². The van der Waals surface area contributed by atoms with Crippen LogP contribution in [0.3, 0.4) is 0 Å². The Morgan fingerprint density at radius 1 is 1.29 bits per heavy atom. The maximum absolute atomic E-state index is 9.07. The van der Waals surface area contributed by atoms with Crippen molar-refractivity contribution in [3.63, 3.8) is 0 Å². The maximum Gasteiger partial charge on any atom is 0.161 e. The molecule has 2 N–H and O–H groups in total. The quantitative estimate of drug-likeness (QED) is 0.814. The van der Waals surface area contributed by atoms with Gasteiger partial charge in [0.2, 0.25) is 0 Å². The molecule has 0 aliphatic carbocycles. The van der Waals surface area contributed by atoms with Crippen molar-refractivity contribution in [3.05, 3.63) is 23.8 Å². The smallest absolute Gasteiger partial charge is 0.161 e. The highest BCUT2D eigenvalue weighted by Gasteiger charge is 2.15. The molecule has 0 radical (unpaired) electrons. The van der Waals surface area contributed by atoms with Gasteiger partial charge in [0, 0.05) is 12.6 Å². The van der Waals surface area contributed by atoms with Crippen LogP contribution in [0, 0.1) is 0 Å². The minimum Gasteiger partial charge on any atom is -0.486 e. The van der Waals surface area contributed by atoms with Gasteiger partial charge in [0.15, 0.2) is 11.5 Å². The van der Waals surface area contributed by atoms with Crippen LogP contribution in [0.25, 0.3) is 0 Å². The molecule has 1 unspecified atom stereocenters. The van der Waals surface area contributed by atoms with Crippen LogP contribution in [0.5, 0.6) is 11.5 Å². The topological polar surface area (TPSA) is 50.7 Å². The van der Waals surface area contributed by atoms with E-state index in [1.54, 1.807) is 0 Å². The Labute approximate surface area is 102 Å². The number of rotatable bonds is 5. The van der Waals surface area contributed by atoms with Gasteiger partial charge in [-0.25, -0.2) is 0 Å². The molecule has 0 amide bonds. The SMILES string of the molecule is CCNC(CCO)c1ccc2c(c1)OCCO2. The molecule has 0 fully saturated rings. The monoisotopic (exact) mass is 237 g/mol. The average molecular weight is 237 g/mol. The molecule has 4 heteroatoms. The van der Waals surface area contributed by atoms with Crippen molar-refractivity contribution in [2.45, 2.75) is 19.4 Å². The number of fused-ring (bicyclic) bond motifs is 1. The second kappa shape index (κ2) is 5.89. The molecule has 2 rings (SSSR count). The summed E-state index contributed by atoms with van der Waals surface area (Å²) >= 11 is 0.